The number of aromatic nitrogens is 2. The molecule has 0 spiro atoms. The highest BCUT2D eigenvalue weighted by Gasteiger charge is 2.22. The Bertz CT molecular complexity index is 523. The Balaban J connectivity index is 1.99. The van der Waals surface area contributed by atoms with E-state index in [1.165, 1.54) is 35.7 Å². The van der Waals surface area contributed by atoms with Crippen molar-refractivity contribution in [2.75, 3.05) is 0 Å². The molecule has 1 aromatic carbocycles. The van der Waals surface area contributed by atoms with E-state index in [0.29, 0.717) is 5.92 Å². The highest BCUT2D eigenvalue weighted by Crippen LogP contribution is 2.32. The Hall–Kier alpha value is -1.31. The van der Waals surface area contributed by atoms with Crippen LogP contribution in [0.5, 0.6) is 0 Å². The smallest absolute Gasteiger partial charge is 0.0685 e. The van der Waals surface area contributed by atoms with Gasteiger partial charge in [-0.3, -0.25) is 4.68 Å². The number of hydrogen-bond donors (Lipinski definition) is 0. The maximum atomic E-state index is 4.52. The summed E-state index contributed by atoms with van der Waals surface area (Å²) in [7, 11) is 0. The summed E-state index contributed by atoms with van der Waals surface area (Å²) in [5.41, 5.74) is 2.76. The van der Waals surface area contributed by atoms with Crippen LogP contribution in [0, 0.1) is 5.92 Å². The van der Waals surface area contributed by atoms with Gasteiger partial charge in [-0.1, -0.05) is 26.0 Å². The molecule has 90 valence electrons. The second kappa shape index (κ2) is 4.17. The lowest BCUT2D eigenvalue weighted by atomic mass is 9.98. The predicted octanol–water partition coefficient (Wildman–Crippen LogP) is 3.96. The van der Waals surface area contributed by atoms with Crippen molar-refractivity contribution in [3.05, 3.63) is 30.0 Å². The van der Waals surface area contributed by atoms with Gasteiger partial charge in [-0.05, 0) is 42.7 Å². The predicted molar refractivity (Wildman–Crippen MR) is 71.2 cm³/mol. The van der Waals surface area contributed by atoms with Gasteiger partial charge in [0.25, 0.3) is 0 Å². The van der Waals surface area contributed by atoms with E-state index in [9.17, 15) is 0 Å². The molecule has 1 saturated carbocycles. The van der Waals surface area contributed by atoms with Gasteiger partial charge >= 0.3 is 0 Å². The number of nitrogens with zero attached hydrogens (tertiary/aromatic N) is 2. The molecular weight excluding hydrogens is 208 g/mol. The molecule has 1 unspecified atom stereocenters. The van der Waals surface area contributed by atoms with Gasteiger partial charge < -0.3 is 0 Å². The third-order valence-corrected chi connectivity index (χ3v) is 3.98. The van der Waals surface area contributed by atoms with Crippen LogP contribution in [0.3, 0.4) is 0 Å². The Morgan fingerprint density at radius 2 is 2.24 bits per heavy atom. The molecule has 1 aliphatic rings. The van der Waals surface area contributed by atoms with Crippen LogP contribution in [0.25, 0.3) is 10.9 Å². The van der Waals surface area contributed by atoms with Gasteiger partial charge in [0.2, 0.25) is 0 Å². The van der Waals surface area contributed by atoms with Gasteiger partial charge in [0.1, 0.15) is 0 Å². The molecule has 2 nitrogen and oxygen atoms in total. The molecule has 2 aromatic rings. The van der Waals surface area contributed by atoms with Crippen LogP contribution < -0.4 is 0 Å². The molecule has 1 atom stereocenters. The van der Waals surface area contributed by atoms with Crippen LogP contribution in [-0.2, 0) is 6.54 Å². The van der Waals surface area contributed by atoms with E-state index in [1.807, 2.05) is 6.20 Å². The summed E-state index contributed by atoms with van der Waals surface area (Å²) in [6.45, 7) is 5.65. The van der Waals surface area contributed by atoms with Gasteiger partial charge in [0, 0.05) is 11.9 Å². The SMILES string of the molecule is CCC(C)c1ccc2cnn(CC3CC3)c2c1. The minimum Gasteiger partial charge on any atom is -0.265 e. The Morgan fingerprint density at radius 1 is 1.41 bits per heavy atom. The molecule has 0 N–H and O–H groups in total. The second-order valence-electron chi connectivity index (χ2n) is 5.40. The van der Waals surface area contributed by atoms with Crippen molar-refractivity contribution in [2.45, 2.75) is 45.6 Å². The minimum absolute atomic E-state index is 0.642. The molecule has 0 amide bonds. The molecule has 0 saturated heterocycles. The molecule has 1 aromatic heterocycles. The summed E-state index contributed by atoms with van der Waals surface area (Å²) in [6, 6.07) is 6.80. The van der Waals surface area contributed by atoms with E-state index >= 15 is 0 Å². The number of fused-ring (bicyclic) bond motifs is 1. The third kappa shape index (κ3) is 2.08. The molecule has 0 bridgehead atoms. The highest BCUT2D eigenvalue weighted by atomic mass is 15.3. The van der Waals surface area contributed by atoms with Crippen LogP contribution in [-0.4, -0.2) is 9.78 Å². The quantitative estimate of drug-likeness (QED) is 0.774. The van der Waals surface area contributed by atoms with Gasteiger partial charge in [-0.15, -0.1) is 0 Å². The molecule has 3 rings (SSSR count). The van der Waals surface area contributed by atoms with Crippen molar-refractivity contribution in [1.29, 1.82) is 0 Å². The largest absolute Gasteiger partial charge is 0.265 e. The monoisotopic (exact) mass is 228 g/mol. The summed E-state index contributed by atoms with van der Waals surface area (Å²) >= 11 is 0. The Labute approximate surface area is 103 Å². The summed E-state index contributed by atoms with van der Waals surface area (Å²) < 4.78 is 2.19. The van der Waals surface area contributed by atoms with E-state index in [2.05, 4.69) is 41.8 Å². The van der Waals surface area contributed by atoms with Crippen LogP contribution in [0.4, 0.5) is 0 Å². The third-order valence-electron chi connectivity index (χ3n) is 3.98. The van der Waals surface area contributed by atoms with Crippen LogP contribution in [0.15, 0.2) is 24.4 Å². The first-order chi connectivity index (χ1) is 8.28. The zero-order valence-electron chi connectivity index (χ0n) is 10.7. The average molecular weight is 228 g/mol. The first kappa shape index (κ1) is 10.8. The van der Waals surface area contributed by atoms with Crippen LogP contribution in [0.2, 0.25) is 0 Å². The normalized spacial score (nSPS) is 17.5. The lowest BCUT2D eigenvalue weighted by Crippen LogP contribution is -2.01. The lowest BCUT2D eigenvalue weighted by Gasteiger charge is -2.09. The molecule has 0 radical (unpaired) electrons. The molecule has 2 heteroatoms. The zero-order valence-corrected chi connectivity index (χ0v) is 10.7. The molecule has 1 fully saturated rings. The zero-order chi connectivity index (χ0) is 11.8. The van der Waals surface area contributed by atoms with E-state index in [0.717, 1.165) is 12.5 Å². The Kier molecular flexibility index (Phi) is 2.65. The molecule has 1 heterocycles. The van der Waals surface area contributed by atoms with Gasteiger partial charge in [-0.25, -0.2) is 0 Å². The first-order valence-electron chi connectivity index (χ1n) is 6.73. The van der Waals surface area contributed by atoms with Crippen molar-refractivity contribution in [3.63, 3.8) is 0 Å². The first-order valence-corrected chi connectivity index (χ1v) is 6.73. The van der Waals surface area contributed by atoms with Crippen molar-refractivity contribution >= 4 is 10.9 Å². The van der Waals surface area contributed by atoms with Crippen molar-refractivity contribution in [2.24, 2.45) is 5.92 Å². The van der Waals surface area contributed by atoms with Gasteiger partial charge in [0.15, 0.2) is 0 Å². The number of rotatable bonds is 4. The van der Waals surface area contributed by atoms with E-state index in [4.69, 9.17) is 0 Å². The number of benzene rings is 1. The Morgan fingerprint density at radius 3 is 2.94 bits per heavy atom. The fraction of sp³-hybridized carbons (Fsp3) is 0.533. The molecule has 17 heavy (non-hydrogen) atoms. The van der Waals surface area contributed by atoms with Crippen LogP contribution in [0.1, 0.15) is 44.6 Å². The second-order valence-corrected chi connectivity index (χ2v) is 5.40. The summed E-state index contributed by atoms with van der Waals surface area (Å²) in [6.07, 6.45) is 5.96. The minimum atomic E-state index is 0.642. The fourth-order valence-electron chi connectivity index (χ4n) is 2.32. The summed E-state index contributed by atoms with van der Waals surface area (Å²) in [4.78, 5) is 0. The molecule has 0 aliphatic heterocycles. The maximum absolute atomic E-state index is 4.52. The lowest BCUT2D eigenvalue weighted by molar-refractivity contribution is 0.580. The molecule has 1 aliphatic carbocycles. The summed E-state index contributed by atoms with van der Waals surface area (Å²) in [5, 5.41) is 5.79. The maximum Gasteiger partial charge on any atom is 0.0685 e. The fourth-order valence-corrected chi connectivity index (χ4v) is 2.32. The van der Waals surface area contributed by atoms with Crippen molar-refractivity contribution < 1.29 is 0 Å². The highest BCUT2D eigenvalue weighted by molar-refractivity contribution is 5.79. The van der Waals surface area contributed by atoms with E-state index in [-0.39, 0.29) is 0 Å². The standard InChI is InChI=1S/C15H20N2/c1-3-11(2)13-6-7-14-9-16-17(15(14)8-13)10-12-4-5-12/h6-9,11-12H,3-5,10H2,1-2H3. The van der Waals surface area contributed by atoms with Crippen LogP contribution >= 0.6 is 0 Å². The van der Waals surface area contributed by atoms with Gasteiger partial charge in [0.05, 0.1) is 11.7 Å². The van der Waals surface area contributed by atoms with Crippen molar-refractivity contribution in [3.8, 4) is 0 Å². The van der Waals surface area contributed by atoms with Gasteiger partial charge in [-0.2, -0.15) is 5.10 Å². The summed E-state index contributed by atoms with van der Waals surface area (Å²) in [5.74, 6) is 1.52. The van der Waals surface area contributed by atoms with E-state index < -0.39 is 0 Å². The molecular formula is C15H20N2. The number of hydrogen-bond acceptors (Lipinski definition) is 1. The topological polar surface area (TPSA) is 17.8 Å². The van der Waals surface area contributed by atoms with Crippen molar-refractivity contribution in [1.82, 2.24) is 9.78 Å². The average Bonchev–Trinajstić information content (AvgIpc) is 3.09. The van der Waals surface area contributed by atoms with E-state index in [1.54, 1.807) is 0 Å².